The number of nitrogens with one attached hydrogen (secondary N) is 1. The van der Waals surface area contributed by atoms with E-state index in [1.54, 1.807) is 16.3 Å². The topological polar surface area (TPSA) is 84.7 Å². The van der Waals surface area contributed by atoms with Gasteiger partial charge in [-0.15, -0.1) is 11.8 Å². The van der Waals surface area contributed by atoms with Gasteiger partial charge in [0.2, 0.25) is 0 Å². The Balaban J connectivity index is 1.61. The fraction of sp³-hybridized carbons (Fsp3) is 0.455. The number of aromatic nitrogens is 4. The van der Waals surface area contributed by atoms with Crippen LogP contribution in [-0.4, -0.2) is 57.7 Å². The summed E-state index contributed by atoms with van der Waals surface area (Å²) in [7, 11) is 4.01. The number of ether oxygens (including phenoxy) is 1. The van der Waals surface area contributed by atoms with Gasteiger partial charge < -0.3 is 15.0 Å². The maximum atomic E-state index is 11.7. The van der Waals surface area contributed by atoms with E-state index in [4.69, 9.17) is 4.74 Å². The second kappa shape index (κ2) is 9.55. The van der Waals surface area contributed by atoms with E-state index in [1.165, 1.54) is 11.9 Å². The van der Waals surface area contributed by atoms with Crippen LogP contribution in [0, 0.1) is 6.92 Å². The summed E-state index contributed by atoms with van der Waals surface area (Å²) in [5.41, 5.74) is 2.80. The Morgan fingerprint density at radius 2 is 1.94 bits per heavy atom. The molecular weight excluding hydrogens is 412 g/mol. The van der Waals surface area contributed by atoms with Gasteiger partial charge in [0, 0.05) is 49.0 Å². The van der Waals surface area contributed by atoms with Crippen LogP contribution in [-0.2, 0) is 11.2 Å². The number of alkyl carbamates (subject to hydrolysis) is 1. The summed E-state index contributed by atoms with van der Waals surface area (Å²) < 4.78 is 7.02. The number of hydrogen-bond acceptors (Lipinski definition) is 7. The third kappa shape index (κ3) is 6.10. The Kier molecular flexibility index (Phi) is 7.04. The van der Waals surface area contributed by atoms with Crippen molar-refractivity contribution in [2.45, 2.75) is 44.6 Å². The van der Waals surface area contributed by atoms with Crippen molar-refractivity contribution in [3.05, 3.63) is 47.4 Å². The molecule has 0 unspecified atom stereocenters. The van der Waals surface area contributed by atoms with Gasteiger partial charge in [0.1, 0.15) is 17.7 Å². The summed E-state index contributed by atoms with van der Waals surface area (Å²) >= 11 is 1.70. The number of anilines is 1. The standard InChI is InChI=1S/C22H30N6O2S/c1-15-18(19(27(5)6)28-20(26-15)24-14-25-28)13-16-7-9-17(10-8-16)31-12-11-23-21(29)30-22(2,3)4/h7-10,14H,11-13H2,1-6H3,(H,23,29). The molecule has 0 fully saturated rings. The molecule has 0 radical (unpaired) electrons. The molecule has 1 aromatic carbocycles. The van der Waals surface area contributed by atoms with Crippen molar-refractivity contribution in [2.75, 3.05) is 31.3 Å². The van der Waals surface area contributed by atoms with E-state index in [-0.39, 0.29) is 6.09 Å². The lowest BCUT2D eigenvalue weighted by molar-refractivity contribution is 0.0531. The lowest BCUT2D eigenvalue weighted by Crippen LogP contribution is -2.33. The van der Waals surface area contributed by atoms with Crippen LogP contribution >= 0.6 is 11.8 Å². The molecule has 8 nitrogen and oxygen atoms in total. The molecule has 0 saturated carbocycles. The van der Waals surface area contributed by atoms with Crippen molar-refractivity contribution in [3.63, 3.8) is 0 Å². The molecule has 0 saturated heterocycles. The van der Waals surface area contributed by atoms with Gasteiger partial charge in [0.05, 0.1) is 0 Å². The third-order valence-electron chi connectivity index (χ3n) is 4.47. The molecular formula is C22H30N6O2S. The number of amides is 1. The molecule has 1 N–H and O–H groups in total. The number of thioether (sulfide) groups is 1. The molecule has 0 atom stereocenters. The number of rotatable bonds is 7. The summed E-state index contributed by atoms with van der Waals surface area (Å²) in [6.07, 6.45) is 1.91. The van der Waals surface area contributed by atoms with E-state index in [0.717, 1.165) is 34.1 Å². The molecule has 166 valence electrons. The Hall–Kier alpha value is -2.81. The number of nitrogens with zero attached hydrogens (tertiary/aromatic N) is 5. The SMILES string of the molecule is Cc1nc2ncnn2c(N(C)C)c1Cc1ccc(SCCNC(=O)OC(C)(C)C)cc1. The van der Waals surface area contributed by atoms with Gasteiger partial charge >= 0.3 is 6.09 Å². The molecule has 2 aromatic heterocycles. The molecule has 0 spiro atoms. The molecule has 0 aliphatic rings. The van der Waals surface area contributed by atoms with Crippen molar-refractivity contribution in [2.24, 2.45) is 0 Å². The number of carbonyl (C=O) groups excluding carboxylic acids is 1. The molecule has 9 heteroatoms. The van der Waals surface area contributed by atoms with Gasteiger partial charge in [-0.3, -0.25) is 0 Å². The second-order valence-corrected chi connectivity index (χ2v) is 9.63. The fourth-order valence-electron chi connectivity index (χ4n) is 3.18. The van der Waals surface area contributed by atoms with Crippen LogP contribution < -0.4 is 10.2 Å². The van der Waals surface area contributed by atoms with Crippen molar-refractivity contribution >= 4 is 29.5 Å². The predicted molar refractivity (Wildman–Crippen MR) is 124 cm³/mol. The van der Waals surface area contributed by atoms with Crippen LogP contribution in [0.3, 0.4) is 0 Å². The van der Waals surface area contributed by atoms with Crippen molar-refractivity contribution < 1.29 is 9.53 Å². The fourth-order valence-corrected chi connectivity index (χ4v) is 3.95. The van der Waals surface area contributed by atoms with E-state index in [1.807, 2.05) is 46.7 Å². The first-order valence-electron chi connectivity index (χ1n) is 10.2. The molecule has 0 bridgehead atoms. The number of carbonyl (C=O) groups is 1. The van der Waals surface area contributed by atoms with Crippen molar-refractivity contribution in [3.8, 4) is 0 Å². The number of hydrogen-bond donors (Lipinski definition) is 1. The monoisotopic (exact) mass is 442 g/mol. The summed E-state index contributed by atoms with van der Waals surface area (Å²) in [5.74, 6) is 2.37. The predicted octanol–water partition coefficient (Wildman–Crippen LogP) is 3.71. The van der Waals surface area contributed by atoms with Crippen molar-refractivity contribution in [1.29, 1.82) is 0 Å². The first-order chi connectivity index (χ1) is 14.6. The second-order valence-electron chi connectivity index (χ2n) is 8.46. The highest BCUT2D eigenvalue weighted by atomic mass is 32.2. The smallest absolute Gasteiger partial charge is 0.407 e. The van der Waals surface area contributed by atoms with Gasteiger partial charge in [0.25, 0.3) is 5.78 Å². The molecule has 0 aliphatic carbocycles. The van der Waals surface area contributed by atoms with Gasteiger partial charge in [-0.05, 0) is 45.4 Å². The average molecular weight is 443 g/mol. The minimum Gasteiger partial charge on any atom is -0.444 e. The summed E-state index contributed by atoms with van der Waals surface area (Å²) in [4.78, 5) is 23.7. The highest BCUT2D eigenvalue weighted by molar-refractivity contribution is 7.99. The lowest BCUT2D eigenvalue weighted by atomic mass is 10.0. The summed E-state index contributed by atoms with van der Waals surface area (Å²) in [6.45, 7) is 8.12. The van der Waals surface area contributed by atoms with E-state index < -0.39 is 5.60 Å². The number of fused-ring (bicyclic) bond motifs is 1. The quantitative estimate of drug-likeness (QED) is 0.441. The number of benzene rings is 1. The highest BCUT2D eigenvalue weighted by Gasteiger charge is 2.17. The highest BCUT2D eigenvalue weighted by Crippen LogP contribution is 2.26. The molecule has 0 aliphatic heterocycles. The van der Waals surface area contributed by atoms with Crippen LogP contribution in [0.1, 0.15) is 37.6 Å². The Morgan fingerprint density at radius 1 is 1.23 bits per heavy atom. The van der Waals surface area contributed by atoms with Crippen molar-refractivity contribution in [1.82, 2.24) is 24.9 Å². The minimum atomic E-state index is -0.480. The molecule has 2 heterocycles. The Labute approximate surface area is 187 Å². The normalized spacial score (nSPS) is 11.5. The first kappa shape index (κ1) is 22.9. The number of aryl methyl sites for hydroxylation is 1. The van der Waals surface area contributed by atoms with Gasteiger partial charge in [-0.25, -0.2) is 9.78 Å². The zero-order valence-corrected chi connectivity index (χ0v) is 19.8. The van der Waals surface area contributed by atoms with Crippen LogP contribution in [0.4, 0.5) is 10.6 Å². The van der Waals surface area contributed by atoms with Gasteiger partial charge in [-0.2, -0.15) is 14.6 Å². The molecule has 1 amide bonds. The maximum absolute atomic E-state index is 11.7. The van der Waals surface area contributed by atoms with Crippen LogP contribution in [0.25, 0.3) is 5.78 Å². The van der Waals surface area contributed by atoms with Crippen LogP contribution in [0.15, 0.2) is 35.5 Å². The molecule has 3 aromatic rings. The van der Waals surface area contributed by atoms with E-state index >= 15 is 0 Å². The van der Waals surface area contributed by atoms with Gasteiger partial charge in [-0.1, -0.05) is 12.1 Å². The van der Waals surface area contributed by atoms with E-state index in [0.29, 0.717) is 12.3 Å². The first-order valence-corrected chi connectivity index (χ1v) is 11.2. The zero-order valence-electron chi connectivity index (χ0n) is 19.0. The van der Waals surface area contributed by atoms with E-state index in [2.05, 4.69) is 44.6 Å². The summed E-state index contributed by atoms with van der Waals surface area (Å²) in [5, 5.41) is 7.11. The maximum Gasteiger partial charge on any atom is 0.407 e. The lowest BCUT2D eigenvalue weighted by Gasteiger charge is -2.20. The third-order valence-corrected chi connectivity index (χ3v) is 5.49. The zero-order chi connectivity index (χ0) is 22.6. The largest absolute Gasteiger partial charge is 0.444 e. The Morgan fingerprint density at radius 3 is 2.58 bits per heavy atom. The Bertz CT molecular complexity index is 1040. The van der Waals surface area contributed by atoms with Crippen LogP contribution in [0.5, 0.6) is 0 Å². The minimum absolute atomic E-state index is 0.381. The van der Waals surface area contributed by atoms with Crippen LogP contribution in [0.2, 0.25) is 0 Å². The average Bonchev–Trinajstić information content (AvgIpc) is 3.13. The molecule has 3 rings (SSSR count). The molecule has 31 heavy (non-hydrogen) atoms. The summed E-state index contributed by atoms with van der Waals surface area (Å²) in [6, 6.07) is 8.49. The van der Waals surface area contributed by atoms with E-state index in [9.17, 15) is 4.79 Å². The van der Waals surface area contributed by atoms with Gasteiger partial charge in [0.15, 0.2) is 0 Å².